The molecule has 1 atom stereocenters. The Bertz CT molecular complexity index is 1350. The van der Waals surface area contributed by atoms with Crippen LogP contribution in [0.4, 0.5) is 0 Å². The molecule has 4 aromatic rings. The fourth-order valence-electron chi connectivity index (χ4n) is 4.03. The average Bonchev–Trinajstić information content (AvgIpc) is 3.46. The number of nitrogens with zero attached hydrogens (tertiary/aromatic N) is 3. The van der Waals surface area contributed by atoms with Crippen molar-refractivity contribution in [2.45, 2.75) is 19.4 Å². The van der Waals surface area contributed by atoms with Crippen LogP contribution >= 0.6 is 23.2 Å². The number of aliphatic hydroxyl groups is 1. The second-order valence-corrected chi connectivity index (χ2v) is 9.05. The number of aryl methyl sites for hydroxylation is 1. The summed E-state index contributed by atoms with van der Waals surface area (Å²) in [4.78, 5) is 2.20. The SMILES string of the molecule is Cc1nnc(-c2cc3c(OC[C@@H](O)CN4CC=C(c5ccc(Cl)c(Cl)c5)CC4)cccc3o2)o1. The first-order chi connectivity index (χ1) is 16.5. The molecule has 0 aliphatic carbocycles. The van der Waals surface area contributed by atoms with Crippen molar-refractivity contribution < 1.29 is 18.7 Å². The van der Waals surface area contributed by atoms with Gasteiger partial charge in [-0.1, -0.05) is 41.4 Å². The summed E-state index contributed by atoms with van der Waals surface area (Å²) in [6, 6.07) is 13.0. The number of hydrogen-bond donors (Lipinski definition) is 1. The van der Waals surface area contributed by atoms with Gasteiger partial charge in [0.1, 0.15) is 24.0 Å². The Balaban J connectivity index is 1.19. The van der Waals surface area contributed by atoms with Crippen LogP contribution in [0, 0.1) is 6.92 Å². The molecule has 0 radical (unpaired) electrons. The molecule has 1 aliphatic heterocycles. The lowest BCUT2D eigenvalue weighted by Crippen LogP contribution is -2.38. The number of halogens is 2. The van der Waals surface area contributed by atoms with Crippen molar-refractivity contribution in [1.82, 2.24) is 15.1 Å². The Morgan fingerprint density at radius 2 is 2.00 bits per heavy atom. The van der Waals surface area contributed by atoms with Crippen molar-refractivity contribution >= 4 is 39.7 Å². The minimum atomic E-state index is -0.639. The number of fused-ring (bicyclic) bond motifs is 1. The first kappa shape index (κ1) is 22.9. The Hall–Kier alpha value is -2.84. The van der Waals surface area contributed by atoms with E-state index in [1.165, 1.54) is 5.57 Å². The summed E-state index contributed by atoms with van der Waals surface area (Å²) < 4.78 is 17.2. The topological polar surface area (TPSA) is 84.8 Å². The van der Waals surface area contributed by atoms with Gasteiger partial charge in [-0.3, -0.25) is 4.90 Å². The summed E-state index contributed by atoms with van der Waals surface area (Å²) in [5, 5.41) is 20.3. The number of aliphatic hydroxyl groups excluding tert-OH is 1. The predicted octanol–water partition coefficient (Wildman–Crippen LogP) is 5.63. The highest BCUT2D eigenvalue weighted by Crippen LogP contribution is 2.33. The van der Waals surface area contributed by atoms with Gasteiger partial charge in [0.2, 0.25) is 5.89 Å². The maximum Gasteiger partial charge on any atom is 0.283 e. The Morgan fingerprint density at radius 3 is 2.74 bits per heavy atom. The third kappa shape index (κ3) is 4.98. The number of benzene rings is 2. The van der Waals surface area contributed by atoms with E-state index in [0.29, 0.717) is 45.5 Å². The first-order valence-electron chi connectivity index (χ1n) is 11.0. The van der Waals surface area contributed by atoms with Crippen molar-refractivity contribution in [2.75, 3.05) is 26.2 Å². The number of aromatic nitrogens is 2. The van der Waals surface area contributed by atoms with Gasteiger partial charge in [-0.25, -0.2) is 0 Å². The average molecular weight is 500 g/mol. The molecule has 34 heavy (non-hydrogen) atoms. The fourth-order valence-corrected chi connectivity index (χ4v) is 4.33. The first-order valence-corrected chi connectivity index (χ1v) is 11.7. The lowest BCUT2D eigenvalue weighted by Gasteiger charge is -2.28. The van der Waals surface area contributed by atoms with Crippen molar-refractivity contribution in [1.29, 1.82) is 0 Å². The quantitative estimate of drug-likeness (QED) is 0.352. The standard InChI is InChI=1S/C25H23Cl2N3O4/c1-15-28-29-25(33-15)24-12-19-22(3-2-4-23(19)34-24)32-14-18(31)13-30-9-7-16(8-10-30)17-5-6-20(26)21(27)11-17/h2-7,11-12,18,31H,8-10,13-14H2,1H3/t18-/m0/s1. The van der Waals surface area contributed by atoms with E-state index in [-0.39, 0.29) is 6.61 Å². The molecule has 0 bridgehead atoms. The van der Waals surface area contributed by atoms with E-state index in [2.05, 4.69) is 21.2 Å². The van der Waals surface area contributed by atoms with Crippen LogP contribution in [-0.4, -0.2) is 52.5 Å². The van der Waals surface area contributed by atoms with Gasteiger partial charge >= 0.3 is 0 Å². The van der Waals surface area contributed by atoms with Gasteiger partial charge in [0.15, 0.2) is 5.76 Å². The van der Waals surface area contributed by atoms with Crippen molar-refractivity contribution in [3.05, 3.63) is 70.0 Å². The lowest BCUT2D eigenvalue weighted by molar-refractivity contribution is 0.0722. The van der Waals surface area contributed by atoms with Crippen molar-refractivity contribution in [3.8, 4) is 17.4 Å². The molecule has 1 N–H and O–H groups in total. The number of β-amino-alcohol motifs (C(OH)–C–C–N with tert-alkyl or cyclic N) is 1. The minimum absolute atomic E-state index is 0.166. The summed E-state index contributed by atoms with van der Waals surface area (Å²) in [5.41, 5.74) is 2.97. The van der Waals surface area contributed by atoms with Gasteiger partial charge in [-0.2, -0.15) is 0 Å². The summed E-state index contributed by atoms with van der Waals surface area (Å²) in [7, 11) is 0. The highest BCUT2D eigenvalue weighted by atomic mass is 35.5. The maximum absolute atomic E-state index is 10.6. The van der Waals surface area contributed by atoms with E-state index in [4.69, 9.17) is 36.8 Å². The molecule has 0 unspecified atom stereocenters. The molecule has 176 valence electrons. The zero-order valence-electron chi connectivity index (χ0n) is 18.5. The van der Waals surface area contributed by atoms with Gasteiger partial charge < -0.3 is 18.7 Å². The summed E-state index contributed by atoms with van der Waals surface area (Å²) in [5.74, 6) is 1.89. The van der Waals surface area contributed by atoms with E-state index >= 15 is 0 Å². The molecule has 9 heteroatoms. The maximum atomic E-state index is 10.6. The molecule has 7 nitrogen and oxygen atoms in total. The number of hydrogen-bond acceptors (Lipinski definition) is 7. The Morgan fingerprint density at radius 1 is 1.12 bits per heavy atom. The zero-order valence-corrected chi connectivity index (χ0v) is 20.0. The largest absolute Gasteiger partial charge is 0.490 e. The van der Waals surface area contributed by atoms with E-state index in [1.807, 2.05) is 42.5 Å². The molecule has 2 aromatic carbocycles. The normalized spacial score (nSPS) is 15.5. The van der Waals surface area contributed by atoms with E-state index < -0.39 is 6.10 Å². The van der Waals surface area contributed by atoms with Crippen LogP contribution in [0.2, 0.25) is 10.0 Å². The molecule has 5 rings (SSSR count). The molecule has 0 amide bonds. The van der Waals surface area contributed by atoms with Gasteiger partial charge in [0, 0.05) is 32.6 Å². The lowest BCUT2D eigenvalue weighted by atomic mass is 9.99. The fraction of sp³-hybridized carbons (Fsp3) is 0.280. The Kier molecular flexibility index (Phi) is 6.61. The Labute approximate surface area is 206 Å². The van der Waals surface area contributed by atoms with Gasteiger partial charge in [0.25, 0.3) is 5.89 Å². The molecule has 0 fully saturated rings. The minimum Gasteiger partial charge on any atom is -0.490 e. The number of ether oxygens (including phenoxy) is 1. The van der Waals surface area contributed by atoms with Crippen LogP contribution in [-0.2, 0) is 0 Å². The van der Waals surface area contributed by atoms with Crippen LogP contribution < -0.4 is 4.74 Å². The molecule has 0 saturated carbocycles. The summed E-state index contributed by atoms with van der Waals surface area (Å²) in [6.07, 6.45) is 2.40. The molecule has 0 saturated heterocycles. The zero-order chi connectivity index (χ0) is 23.7. The number of rotatable bonds is 7. The van der Waals surface area contributed by atoms with Gasteiger partial charge in [0.05, 0.1) is 15.4 Å². The van der Waals surface area contributed by atoms with Crippen LogP contribution in [0.5, 0.6) is 5.75 Å². The highest BCUT2D eigenvalue weighted by molar-refractivity contribution is 6.42. The predicted molar refractivity (Wildman–Crippen MR) is 131 cm³/mol. The van der Waals surface area contributed by atoms with Crippen LogP contribution in [0.15, 0.2) is 57.4 Å². The second kappa shape index (κ2) is 9.80. The summed E-state index contributed by atoms with van der Waals surface area (Å²) >= 11 is 12.2. The molecule has 3 heterocycles. The highest BCUT2D eigenvalue weighted by Gasteiger charge is 2.19. The van der Waals surface area contributed by atoms with Crippen LogP contribution in [0.3, 0.4) is 0 Å². The third-order valence-electron chi connectivity index (χ3n) is 5.74. The van der Waals surface area contributed by atoms with Crippen LogP contribution in [0.1, 0.15) is 17.9 Å². The smallest absolute Gasteiger partial charge is 0.283 e. The van der Waals surface area contributed by atoms with Crippen molar-refractivity contribution in [2.24, 2.45) is 0 Å². The molecular weight excluding hydrogens is 477 g/mol. The number of furan rings is 1. The third-order valence-corrected chi connectivity index (χ3v) is 6.48. The second-order valence-electron chi connectivity index (χ2n) is 8.24. The van der Waals surface area contributed by atoms with E-state index in [0.717, 1.165) is 30.5 Å². The van der Waals surface area contributed by atoms with Gasteiger partial charge in [-0.15, -0.1) is 10.2 Å². The van der Waals surface area contributed by atoms with Crippen LogP contribution in [0.25, 0.3) is 28.2 Å². The van der Waals surface area contributed by atoms with Crippen molar-refractivity contribution in [3.63, 3.8) is 0 Å². The molecular formula is C25H23Cl2N3O4. The molecule has 1 aliphatic rings. The molecule has 2 aromatic heterocycles. The van der Waals surface area contributed by atoms with E-state index in [9.17, 15) is 5.11 Å². The summed E-state index contributed by atoms with van der Waals surface area (Å²) in [6.45, 7) is 3.99. The van der Waals surface area contributed by atoms with E-state index in [1.54, 1.807) is 6.92 Å². The molecule has 0 spiro atoms. The monoisotopic (exact) mass is 499 g/mol. The van der Waals surface area contributed by atoms with Gasteiger partial charge in [-0.05, 0) is 41.8 Å².